The summed E-state index contributed by atoms with van der Waals surface area (Å²) in [6.07, 6.45) is 0. The van der Waals surface area contributed by atoms with Gasteiger partial charge in [0.25, 0.3) is 0 Å². The Bertz CT molecular complexity index is 560. The number of nitrogens with zero attached hydrogens (tertiary/aromatic N) is 2. The van der Waals surface area contributed by atoms with Crippen LogP contribution in [0.2, 0.25) is 0 Å². The molecule has 1 unspecified atom stereocenters. The SMILES string of the molecule is Cc1ccc(C(c2cc[c-]cc2)N2CCN(C)CC2)cc1.[Y]. The monoisotopic (exact) mass is 368 g/mol. The molecule has 2 aromatic carbocycles. The van der Waals surface area contributed by atoms with Crippen molar-refractivity contribution in [3.8, 4) is 0 Å². The molecular formula is C19H23N2Y-. The molecule has 1 atom stereocenters. The van der Waals surface area contributed by atoms with Crippen LogP contribution in [0.3, 0.4) is 0 Å². The second-order valence-corrected chi connectivity index (χ2v) is 5.99. The van der Waals surface area contributed by atoms with Crippen LogP contribution in [-0.4, -0.2) is 43.0 Å². The predicted molar refractivity (Wildman–Crippen MR) is 87.4 cm³/mol. The predicted octanol–water partition coefficient (Wildman–Crippen LogP) is 3.13. The molecule has 2 nitrogen and oxygen atoms in total. The first-order valence-corrected chi connectivity index (χ1v) is 7.69. The first-order valence-electron chi connectivity index (χ1n) is 7.69. The van der Waals surface area contributed by atoms with E-state index in [1.165, 1.54) is 16.7 Å². The van der Waals surface area contributed by atoms with Crippen molar-refractivity contribution >= 4 is 0 Å². The Hall–Kier alpha value is -0.536. The average Bonchev–Trinajstić information content (AvgIpc) is 2.52. The summed E-state index contributed by atoms with van der Waals surface area (Å²) < 4.78 is 0. The number of benzene rings is 2. The first-order chi connectivity index (χ1) is 10.2. The largest absolute Gasteiger partial charge is 0.304 e. The summed E-state index contributed by atoms with van der Waals surface area (Å²) in [5.74, 6) is 0. The molecule has 0 spiro atoms. The maximum absolute atomic E-state index is 3.13. The van der Waals surface area contributed by atoms with Crippen molar-refractivity contribution in [1.29, 1.82) is 0 Å². The van der Waals surface area contributed by atoms with Gasteiger partial charge in [0.15, 0.2) is 0 Å². The summed E-state index contributed by atoms with van der Waals surface area (Å²) >= 11 is 0. The van der Waals surface area contributed by atoms with Crippen molar-refractivity contribution < 1.29 is 32.7 Å². The molecule has 0 amide bonds. The Kier molecular flexibility index (Phi) is 6.76. The van der Waals surface area contributed by atoms with Gasteiger partial charge in [-0.2, -0.15) is 30.3 Å². The van der Waals surface area contributed by atoms with Crippen LogP contribution < -0.4 is 0 Å². The molecule has 0 N–H and O–H groups in total. The van der Waals surface area contributed by atoms with Crippen molar-refractivity contribution in [1.82, 2.24) is 9.80 Å². The van der Waals surface area contributed by atoms with Crippen LogP contribution in [0.1, 0.15) is 22.7 Å². The molecule has 1 aliphatic rings. The molecule has 0 bridgehead atoms. The van der Waals surface area contributed by atoms with E-state index in [1.54, 1.807) is 0 Å². The minimum Gasteiger partial charge on any atom is -0.304 e. The Morgan fingerprint density at radius 2 is 1.41 bits per heavy atom. The fourth-order valence-electron chi connectivity index (χ4n) is 3.03. The smallest absolute Gasteiger partial charge is 0.0381 e. The Morgan fingerprint density at radius 1 is 0.864 bits per heavy atom. The van der Waals surface area contributed by atoms with Gasteiger partial charge in [-0.1, -0.05) is 29.8 Å². The van der Waals surface area contributed by atoms with Crippen molar-refractivity contribution in [3.05, 3.63) is 71.3 Å². The summed E-state index contributed by atoms with van der Waals surface area (Å²) in [7, 11) is 2.20. The normalized spacial score (nSPS) is 17.7. The molecule has 1 heterocycles. The van der Waals surface area contributed by atoms with Gasteiger partial charge in [-0.05, 0) is 19.5 Å². The van der Waals surface area contributed by atoms with Gasteiger partial charge in [0.2, 0.25) is 0 Å². The molecule has 1 radical (unpaired) electrons. The molecule has 0 aliphatic carbocycles. The quantitative estimate of drug-likeness (QED) is 0.769. The molecule has 1 aliphatic heterocycles. The number of hydrogen-bond acceptors (Lipinski definition) is 2. The van der Waals surface area contributed by atoms with Crippen LogP contribution in [-0.2, 0) is 32.7 Å². The molecule has 113 valence electrons. The zero-order valence-corrected chi connectivity index (χ0v) is 16.3. The van der Waals surface area contributed by atoms with E-state index in [-0.39, 0.29) is 32.7 Å². The third kappa shape index (κ3) is 4.26. The third-order valence-corrected chi connectivity index (χ3v) is 4.36. The van der Waals surface area contributed by atoms with Gasteiger partial charge in [-0.3, -0.25) is 4.90 Å². The number of aryl methyl sites for hydroxylation is 1. The number of piperazine rings is 1. The Labute approximate surface area is 159 Å². The van der Waals surface area contributed by atoms with Gasteiger partial charge in [0, 0.05) is 64.9 Å². The van der Waals surface area contributed by atoms with Crippen LogP contribution in [0.5, 0.6) is 0 Å². The first kappa shape index (κ1) is 17.8. The molecule has 3 heteroatoms. The van der Waals surface area contributed by atoms with Crippen LogP contribution in [0.25, 0.3) is 0 Å². The maximum atomic E-state index is 3.13. The maximum Gasteiger partial charge on any atom is 0.0381 e. The fraction of sp³-hybridized carbons (Fsp3) is 0.368. The van der Waals surface area contributed by atoms with Crippen molar-refractivity contribution in [2.24, 2.45) is 0 Å². The van der Waals surface area contributed by atoms with Gasteiger partial charge in [-0.25, -0.2) is 0 Å². The van der Waals surface area contributed by atoms with Gasteiger partial charge in [0.1, 0.15) is 0 Å². The van der Waals surface area contributed by atoms with Gasteiger partial charge < -0.3 is 4.90 Å². The number of rotatable bonds is 3. The third-order valence-electron chi connectivity index (χ3n) is 4.36. The average molecular weight is 368 g/mol. The van der Waals surface area contributed by atoms with Crippen LogP contribution >= 0.6 is 0 Å². The van der Waals surface area contributed by atoms with E-state index in [2.05, 4.69) is 66.2 Å². The molecule has 0 saturated carbocycles. The topological polar surface area (TPSA) is 6.48 Å². The standard InChI is InChI=1S/C19H23N2.Y/c1-16-8-10-18(11-9-16)19(17-6-4-3-5-7-17)21-14-12-20(2)13-15-21;/h4-11,19H,12-15H2,1-2H3;/q-1;. The summed E-state index contributed by atoms with van der Waals surface area (Å²) in [5.41, 5.74) is 4.07. The van der Waals surface area contributed by atoms with Crippen molar-refractivity contribution in [2.45, 2.75) is 13.0 Å². The Balaban J connectivity index is 0.00000176. The summed E-state index contributed by atoms with van der Waals surface area (Å²) in [4.78, 5) is 5.00. The van der Waals surface area contributed by atoms with E-state index in [4.69, 9.17) is 0 Å². The van der Waals surface area contributed by atoms with E-state index >= 15 is 0 Å². The second-order valence-electron chi connectivity index (χ2n) is 5.99. The summed E-state index contributed by atoms with van der Waals surface area (Å²) in [5, 5.41) is 0. The molecule has 2 aromatic rings. The van der Waals surface area contributed by atoms with Crippen molar-refractivity contribution in [2.75, 3.05) is 33.2 Å². The van der Waals surface area contributed by atoms with Gasteiger partial charge in [0.05, 0.1) is 0 Å². The summed E-state index contributed by atoms with van der Waals surface area (Å²) in [6, 6.07) is 20.9. The fourth-order valence-corrected chi connectivity index (χ4v) is 3.03. The minimum absolute atomic E-state index is 0. The minimum atomic E-state index is 0. The van der Waals surface area contributed by atoms with E-state index in [9.17, 15) is 0 Å². The number of hydrogen-bond donors (Lipinski definition) is 0. The van der Waals surface area contributed by atoms with Crippen LogP contribution in [0, 0.1) is 13.0 Å². The van der Waals surface area contributed by atoms with E-state index in [0.717, 1.165) is 26.2 Å². The van der Waals surface area contributed by atoms with Crippen LogP contribution in [0.4, 0.5) is 0 Å². The second kappa shape index (κ2) is 8.35. The van der Waals surface area contributed by atoms with Gasteiger partial charge in [-0.15, -0.1) is 5.56 Å². The molecule has 22 heavy (non-hydrogen) atoms. The van der Waals surface area contributed by atoms with Crippen LogP contribution in [0.15, 0.2) is 48.5 Å². The van der Waals surface area contributed by atoms with Crippen molar-refractivity contribution in [3.63, 3.8) is 0 Å². The zero-order valence-electron chi connectivity index (χ0n) is 13.5. The molecule has 1 fully saturated rings. The van der Waals surface area contributed by atoms with E-state index < -0.39 is 0 Å². The Morgan fingerprint density at radius 3 is 2.00 bits per heavy atom. The molecule has 1 saturated heterocycles. The van der Waals surface area contributed by atoms with E-state index in [0.29, 0.717) is 6.04 Å². The summed E-state index contributed by atoms with van der Waals surface area (Å²) in [6.45, 7) is 6.66. The molecular weight excluding hydrogens is 345 g/mol. The number of likely N-dealkylation sites (N-methyl/N-ethyl adjacent to an activating group) is 1. The van der Waals surface area contributed by atoms with E-state index in [1.807, 2.05) is 12.1 Å². The zero-order chi connectivity index (χ0) is 14.7. The van der Waals surface area contributed by atoms with Gasteiger partial charge >= 0.3 is 0 Å². The molecule has 0 aromatic heterocycles. The molecule has 3 rings (SSSR count).